The Kier molecular flexibility index (Phi) is 3.06. The van der Waals surface area contributed by atoms with E-state index in [-0.39, 0.29) is 14.9 Å². The summed E-state index contributed by atoms with van der Waals surface area (Å²) < 4.78 is 31.8. The summed E-state index contributed by atoms with van der Waals surface area (Å²) in [6, 6.07) is 1.85. The van der Waals surface area contributed by atoms with Crippen LogP contribution in [0.3, 0.4) is 0 Å². The molecule has 0 aromatic heterocycles. The predicted octanol–water partition coefficient (Wildman–Crippen LogP) is 2.71. The third-order valence-electron chi connectivity index (χ3n) is 1.14. The standard InChI is InChI=1S/C6H3Cl2FO2S/c7-4-1-3(9)2-5(8)6(4)12(10)11/h1-2H,(H,10,11). The zero-order valence-electron chi connectivity index (χ0n) is 5.55. The van der Waals surface area contributed by atoms with Crippen molar-refractivity contribution in [3.05, 3.63) is 28.0 Å². The van der Waals surface area contributed by atoms with Crippen molar-refractivity contribution >= 4 is 34.3 Å². The first kappa shape index (κ1) is 9.92. The minimum Gasteiger partial charge on any atom is -0.302 e. The molecule has 0 saturated carbocycles. The highest BCUT2D eigenvalue weighted by Crippen LogP contribution is 2.28. The number of benzene rings is 1. The lowest BCUT2D eigenvalue weighted by molar-refractivity contribution is 0.564. The molecule has 1 N–H and O–H groups in total. The maximum atomic E-state index is 12.5. The number of hydrogen-bond acceptors (Lipinski definition) is 1. The highest BCUT2D eigenvalue weighted by molar-refractivity contribution is 7.79. The molecule has 12 heavy (non-hydrogen) atoms. The lowest BCUT2D eigenvalue weighted by Gasteiger charge is -2.01. The lowest BCUT2D eigenvalue weighted by Crippen LogP contribution is -1.92. The number of rotatable bonds is 1. The van der Waals surface area contributed by atoms with E-state index in [2.05, 4.69) is 0 Å². The highest BCUT2D eigenvalue weighted by atomic mass is 35.5. The molecule has 0 fully saturated rings. The van der Waals surface area contributed by atoms with Gasteiger partial charge in [0.05, 0.1) is 10.0 Å². The van der Waals surface area contributed by atoms with E-state index in [9.17, 15) is 8.60 Å². The molecule has 0 radical (unpaired) electrons. The van der Waals surface area contributed by atoms with E-state index < -0.39 is 16.9 Å². The van der Waals surface area contributed by atoms with E-state index in [4.69, 9.17) is 27.8 Å². The maximum Gasteiger partial charge on any atom is 0.189 e. The monoisotopic (exact) mass is 228 g/mol. The van der Waals surface area contributed by atoms with Crippen LogP contribution >= 0.6 is 23.2 Å². The third-order valence-corrected chi connectivity index (χ3v) is 2.75. The van der Waals surface area contributed by atoms with Crippen molar-refractivity contribution in [2.75, 3.05) is 0 Å². The Bertz CT molecular complexity index is 319. The van der Waals surface area contributed by atoms with E-state index in [1.54, 1.807) is 0 Å². The molecule has 0 amide bonds. The second-order valence-electron chi connectivity index (χ2n) is 1.95. The van der Waals surface area contributed by atoms with Crippen LogP contribution in [-0.2, 0) is 11.1 Å². The zero-order chi connectivity index (χ0) is 9.30. The molecule has 2 nitrogen and oxygen atoms in total. The van der Waals surface area contributed by atoms with Gasteiger partial charge in [-0.3, -0.25) is 0 Å². The van der Waals surface area contributed by atoms with Gasteiger partial charge in [0.25, 0.3) is 0 Å². The van der Waals surface area contributed by atoms with Gasteiger partial charge in [0.2, 0.25) is 0 Å². The summed E-state index contributed by atoms with van der Waals surface area (Å²) in [6.45, 7) is 0. The molecule has 0 spiro atoms. The quantitative estimate of drug-likeness (QED) is 0.751. The SMILES string of the molecule is O=S(O)c1c(Cl)cc(F)cc1Cl. The maximum absolute atomic E-state index is 12.5. The van der Waals surface area contributed by atoms with Gasteiger partial charge in [-0.2, -0.15) is 0 Å². The van der Waals surface area contributed by atoms with Gasteiger partial charge in [-0.15, -0.1) is 0 Å². The Hall–Kier alpha value is -0.160. The van der Waals surface area contributed by atoms with Crippen LogP contribution < -0.4 is 0 Å². The first-order valence-electron chi connectivity index (χ1n) is 2.78. The fourth-order valence-electron chi connectivity index (χ4n) is 0.696. The van der Waals surface area contributed by atoms with Crippen LogP contribution in [0.25, 0.3) is 0 Å². The topological polar surface area (TPSA) is 37.3 Å². The normalized spacial score (nSPS) is 13.0. The lowest BCUT2D eigenvalue weighted by atomic mass is 10.3. The van der Waals surface area contributed by atoms with Gasteiger partial charge in [-0.1, -0.05) is 23.2 Å². The van der Waals surface area contributed by atoms with Crippen LogP contribution in [-0.4, -0.2) is 8.76 Å². The molecule has 0 aliphatic rings. The summed E-state index contributed by atoms with van der Waals surface area (Å²) in [5.74, 6) is -0.640. The Morgan fingerprint density at radius 1 is 1.33 bits per heavy atom. The summed E-state index contributed by atoms with van der Waals surface area (Å²) in [6.07, 6.45) is 0. The molecule has 0 heterocycles. The van der Waals surface area contributed by atoms with Crippen LogP contribution in [0.4, 0.5) is 4.39 Å². The Balaban J connectivity index is 3.38. The minimum atomic E-state index is -2.29. The predicted molar refractivity (Wildman–Crippen MR) is 45.5 cm³/mol. The largest absolute Gasteiger partial charge is 0.302 e. The van der Waals surface area contributed by atoms with Gasteiger partial charge in [0.15, 0.2) is 11.1 Å². The molecular weight excluding hydrogens is 226 g/mol. The van der Waals surface area contributed by atoms with Crippen LogP contribution in [0.5, 0.6) is 0 Å². The van der Waals surface area contributed by atoms with E-state index in [0.717, 1.165) is 12.1 Å². The summed E-state index contributed by atoms with van der Waals surface area (Å²) in [4.78, 5) is -0.167. The summed E-state index contributed by atoms with van der Waals surface area (Å²) in [5.41, 5.74) is 0. The molecule has 1 atom stereocenters. The summed E-state index contributed by atoms with van der Waals surface area (Å²) in [7, 11) is 0. The molecule has 1 unspecified atom stereocenters. The van der Waals surface area contributed by atoms with Crippen molar-refractivity contribution in [3.63, 3.8) is 0 Å². The van der Waals surface area contributed by atoms with Gasteiger partial charge < -0.3 is 4.55 Å². The number of halogens is 3. The first-order valence-corrected chi connectivity index (χ1v) is 4.64. The van der Waals surface area contributed by atoms with Crippen LogP contribution in [0.15, 0.2) is 17.0 Å². The molecule has 1 aromatic carbocycles. The van der Waals surface area contributed by atoms with Crippen molar-refractivity contribution in [2.24, 2.45) is 0 Å². The van der Waals surface area contributed by atoms with Gasteiger partial charge in [-0.05, 0) is 12.1 Å². The van der Waals surface area contributed by atoms with E-state index >= 15 is 0 Å². The van der Waals surface area contributed by atoms with Gasteiger partial charge >= 0.3 is 0 Å². The fourth-order valence-corrected chi connectivity index (χ4v) is 2.00. The van der Waals surface area contributed by atoms with Crippen LogP contribution in [0.2, 0.25) is 10.0 Å². The Labute approximate surface area is 80.6 Å². The van der Waals surface area contributed by atoms with Crippen LogP contribution in [0, 0.1) is 5.82 Å². The van der Waals surface area contributed by atoms with Gasteiger partial charge in [-0.25, -0.2) is 8.60 Å². The van der Waals surface area contributed by atoms with Crippen LogP contribution in [0.1, 0.15) is 0 Å². The van der Waals surface area contributed by atoms with E-state index in [0.29, 0.717) is 0 Å². The Morgan fingerprint density at radius 2 is 1.75 bits per heavy atom. The smallest absolute Gasteiger partial charge is 0.189 e. The van der Waals surface area contributed by atoms with E-state index in [1.165, 1.54) is 0 Å². The Morgan fingerprint density at radius 3 is 2.08 bits per heavy atom. The van der Waals surface area contributed by atoms with Crippen molar-refractivity contribution in [1.29, 1.82) is 0 Å². The number of hydrogen-bond donors (Lipinski definition) is 1. The molecule has 0 bridgehead atoms. The first-order chi connectivity index (χ1) is 5.52. The summed E-state index contributed by atoms with van der Waals surface area (Å²) >= 11 is 8.61. The molecule has 0 saturated heterocycles. The second kappa shape index (κ2) is 3.70. The van der Waals surface area contributed by atoms with Crippen molar-refractivity contribution in [3.8, 4) is 0 Å². The van der Waals surface area contributed by atoms with Gasteiger partial charge in [0, 0.05) is 0 Å². The molecular formula is C6H3Cl2FO2S. The highest BCUT2D eigenvalue weighted by Gasteiger charge is 2.12. The second-order valence-corrected chi connectivity index (χ2v) is 3.67. The molecule has 0 aliphatic carbocycles. The minimum absolute atomic E-state index is 0.152. The van der Waals surface area contributed by atoms with Crippen molar-refractivity contribution in [1.82, 2.24) is 0 Å². The third kappa shape index (κ3) is 1.95. The fraction of sp³-hybridized carbons (Fsp3) is 0. The zero-order valence-corrected chi connectivity index (χ0v) is 7.88. The average Bonchev–Trinajstić information content (AvgIpc) is 1.82. The van der Waals surface area contributed by atoms with Crippen molar-refractivity contribution < 1.29 is 13.2 Å². The molecule has 1 rings (SSSR count). The average molecular weight is 229 g/mol. The van der Waals surface area contributed by atoms with Gasteiger partial charge in [0.1, 0.15) is 10.7 Å². The molecule has 66 valence electrons. The van der Waals surface area contributed by atoms with Crippen molar-refractivity contribution in [2.45, 2.75) is 4.90 Å². The molecule has 6 heteroatoms. The molecule has 1 aromatic rings. The van der Waals surface area contributed by atoms with E-state index in [1.807, 2.05) is 0 Å². The molecule has 0 aliphatic heterocycles. The summed E-state index contributed by atoms with van der Waals surface area (Å²) in [5, 5.41) is -0.304.